The number of anilines is 2. The smallest absolute Gasteiger partial charge is 0.259 e. The second-order valence-corrected chi connectivity index (χ2v) is 6.60. The molecule has 3 aromatic rings. The second-order valence-electron chi connectivity index (χ2n) is 6.60. The van der Waals surface area contributed by atoms with Crippen LogP contribution >= 0.6 is 0 Å². The van der Waals surface area contributed by atoms with Crippen molar-refractivity contribution in [1.29, 1.82) is 0 Å². The van der Waals surface area contributed by atoms with Gasteiger partial charge in [0.15, 0.2) is 0 Å². The van der Waals surface area contributed by atoms with Crippen molar-refractivity contribution in [2.45, 2.75) is 19.8 Å². The molecule has 4 rings (SSSR count). The molecule has 2 N–H and O–H groups in total. The Morgan fingerprint density at radius 2 is 1.93 bits per heavy atom. The second kappa shape index (κ2) is 6.46. The Labute approximate surface area is 153 Å². The molecule has 27 heavy (non-hydrogen) atoms. The third kappa shape index (κ3) is 3.38. The first-order valence-corrected chi connectivity index (χ1v) is 8.47. The fraction of sp³-hybridized carbons (Fsp3) is 0.211. The van der Waals surface area contributed by atoms with Crippen molar-refractivity contribution in [2.75, 3.05) is 10.6 Å². The van der Waals surface area contributed by atoms with Crippen LogP contribution in [0.25, 0.3) is 5.52 Å². The summed E-state index contributed by atoms with van der Waals surface area (Å²) in [7, 11) is 0. The minimum Gasteiger partial charge on any atom is -0.323 e. The number of halogens is 2. The number of fused-ring (bicyclic) bond motifs is 1. The molecule has 2 aromatic heterocycles. The van der Waals surface area contributed by atoms with Crippen molar-refractivity contribution in [3.8, 4) is 0 Å². The number of hydrogen-bond acceptors (Lipinski definition) is 3. The number of aromatic nitrogens is 2. The van der Waals surface area contributed by atoms with Crippen LogP contribution in [0.15, 0.2) is 36.7 Å². The van der Waals surface area contributed by atoms with Gasteiger partial charge in [0.2, 0.25) is 5.91 Å². The van der Waals surface area contributed by atoms with E-state index in [1.54, 1.807) is 6.92 Å². The molecule has 0 spiro atoms. The highest BCUT2D eigenvalue weighted by molar-refractivity contribution is 6.09. The molecular weight excluding hydrogens is 354 g/mol. The molecule has 138 valence electrons. The Balaban J connectivity index is 1.60. The molecule has 1 fully saturated rings. The summed E-state index contributed by atoms with van der Waals surface area (Å²) in [5.74, 6) is -1.79. The topological polar surface area (TPSA) is 75.5 Å². The van der Waals surface area contributed by atoms with Gasteiger partial charge in [-0.2, -0.15) is 5.10 Å². The van der Waals surface area contributed by atoms with E-state index in [1.165, 1.54) is 41.2 Å². The highest BCUT2D eigenvalue weighted by Crippen LogP contribution is 2.32. The van der Waals surface area contributed by atoms with Gasteiger partial charge in [-0.15, -0.1) is 0 Å². The lowest BCUT2D eigenvalue weighted by Crippen LogP contribution is -2.16. The summed E-state index contributed by atoms with van der Waals surface area (Å²) >= 11 is 0. The molecule has 0 aliphatic heterocycles. The van der Waals surface area contributed by atoms with Gasteiger partial charge in [0, 0.05) is 11.6 Å². The predicted octanol–water partition coefficient (Wildman–Crippen LogP) is 3.52. The molecule has 0 radical (unpaired) electrons. The van der Waals surface area contributed by atoms with Crippen molar-refractivity contribution >= 4 is 28.7 Å². The van der Waals surface area contributed by atoms with Crippen LogP contribution in [0.5, 0.6) is 0 Å². The first kappa shape index (κ1) is 17.1. The van der Waals surface area contributed by atoms with Crippen molar-refractivity contribution in [3.05, 3.63) is 59.4 Å². The van der Waals surface area contributed by atoms with Gasteiger partial charge in [-0.1, -0.05) is 0 Å². The van der Waals surface area contributed by atoms with E-state index in [9.17, 15) is 18.4 Å². The van der Waals surface area contributed by atoms with Crippen LogP contribution in [-0.2, 0) is 4.79 Å². The highest BCUT2D eigenvalue weighted by atomic mass is 19.1. The maximum absolute atomic E-state index is 14.2. The third-order valence-electron chi connectivity index (χ3n) is 4.49. The summed E-state index contributed by atoms with van der Waals surface area (Å²) in [6.07, 6.45) is 4.11. The van der Waals surface area contributed by atoms with E-state index in [1.807, 2.05) is 0 Å². The molecule has 0 bridgehead atoms. The number of hydrogen-bond donors (Lipinski definition) is 2. The van der Waals surface area contributed by atoms with Gasteiger partial charge in [-0.05, 0) is 49.6 Å². The van der Waals surface area contributed by atoms with Crippen molar-refractivity contribution in [3.63, 3.8) is 0 Å². The lowest BCUT2D eigenvalue weighted by Gasteiger charge is -2.12. The van der Waals surface area contributed by atoms with Crippen molar-refractivity contribution in [1.82, 2.24) is 9.61 Å². The first-order chi connectivity index (χ1) is 12.9. The molecule has 1 aliphatic rings. The van der Waals surface area contributed by atoms with E-state index in [0.29, 0.717) is 16.8 Å². The summed E-state index contributed by atoms with van der Waals surface area (Å²) in [5.41, 5.74) is 1.59. The van der Waals surface area contributed by atoms with E-state index >= 15 is 0 Å². The number of carbonyl (C=O) groups is 2. The maximum atomic E-state index is 14.2. The zero-order chi connectivity index (χ0) is 19.1. The zero-order valence-corrected chi connectivity index (χ0v) is 14.4. The average Bonchev–Trinajstić information content (AvgIpc) is 3.39. The molecule has 2 heterocycles. The molecule has 8 heteroatoms. The Morgan fingerprint density at radius 3 is 2.67 bits per heavy atom. The minimum atomic E-state index is -0.564. The van der Waals surface area contributed by atoms with E-state index in [4.69, 9.17) is 0 Å². The number of pyridine rings is 1. The molecule has 1 aromatic carbocycles. The Bertz CT molecular complexity index is 1070. The van der Waals surface area contributed by atoms with Gasteiger partial charge in [-0.25, -0.2) is 13.3 Å². The lowest BCUT2D eigenvalue weighted by molar-refractivity contribution is -0.117. The fourth-order valence-electron chi connectivity index (χ4n) is 2.81. The fourth-order valence-corrected chi connectivity index (χ4v) is 2.81. The quantitative estimate of drug-likeness (QED) is 0.738. The molecule has 0 saturated heterocycles. The van der Waals surface area contributed by atoms with Crippen LogP contribution in [0, 0.1) is 24.5 Å². The van der Waals surface area contributed by atoms with Crippen LogP contribution in [0.3, 0.4) is 0 Å². The third-order valence-corrected chi connectivity index (χ3v) is 4.49. The van der Waals surface area contributed by atoms with Gasteiger partial charge >= 0.3 is 0 Å². The van der Waals surface area contributed by atoms with Crippen LogP contribution < -0.4 is 10.6 Å². The molecular formula is C19H16F2N4O2. The number of carbonyl (C=O) groups excluding carboxylic acids is 2. The molecule has 0 atom stereocenters. The van der Waals surface area contributed by atoms with Crippen LogP contribution in [0.1, 0.15) is 28.8 Å². The monoisotopic (exact) mass is 370 g/mol. The Kier molecular flexibility index (Phi) is 4.10. The molecule has 1 saturated carbocycles. The van der Waals surface area contributed by atoms with Gasteiger partial charge in [0.25, 0.3) is 5.91 Å². The van der Waals surface area contributed by atoms with E-state index in [0.717, 1.165) is 12.8 Å². The number of amides is 2. The number of nitrogens with one attached hydrogen (secondary N) is 2. The van der Waals surface area contributed by atoms with E-state index < -0.39 is 17.5 Å². The Hall–Kier alpha value is -3.29. The number of aryl methyl sites for hydroxylation is 1. The number of nitrogens with zero attached hydrogens (tertiary/aromatic N) is 2. The lowest BCUT2D eigenvalue weighted by atomic mass is 10.1. The van der Waals surface area contributed by atoms with Crippen LogP contribution in [0.4, 0.5) is 20.2 Å². The summed E-state index contributed by atoms with van der Waals surface area (Å²) in [6, 6.07) is 5.34. The van der Waals surface area contributed by atoms with E-state index in [-0.39, 0.29) is 23.1 Å². The molecule has 2 amide bonds. The van der Waals surface area contributed by atoms with Crippen LogP contribution in [0.2, 0.25) is 0 Å². The van der Waals surface area contributed by atoms with Crippen molar-refractivity contribution < 1.29 is 18.4 Å². The average molecular weight is 370 g/mol. The minimum absolute atomic E-state index is 0.0229. The predicted molar refractivity (Wildman–Crippen MR) is 95.6 cm³/mol. The summed E-state index contributed by atoms with van der Waals surface area (Å²) < 4.78 is 28.7. The number of rotatable bonds is 4. The van der Waals surface area contributed by atoms with Gasteiger partial charge in [-0.3, -0.25) is 9.59 Å². The first-order valence-electron chi connectivity index (χ1n) is 8.47. The maximum Gasteiger partial charge on any atom is 0.259 e. The largest absolute Gasteiger partial charge is 0.323 e. The van der Waals surface area contributed by atoms with Gasteiger partial charge < -0.3 is 10.6 Å². The molecule has 0 unspecified atom stereocenters. The zero-order valence-electron chi connectivity index (χ0n) is 14.4. The van der Waals surface area contributed by atoms with Crippen LogP contribution in [-0.4, -0.2) is 21.4 Å². The Morgan fingerprint density at radius 1 is 1.15 bits per heavy atom. The summed E-state index contributed by atoms with van der Waals surface area (Å²) in [4.78, 5) is 24.5. The van der Waals surface area contributed by atoms with Gasteiger partial charge in [0.05, 0.1) is 29.2 Å². The van der Waals surface area contributed by atoms with E-state index in [2.05, 4.69) is 15.7 Å². The highest BCUT2D eigenvalue weighted by Gasteiger charge is 2.30. The van der Waals surface area contributed by atoms with Crippen molar-refractivity contribution in [2.24, 2.45) is 5.92 Å². The molecule has 1 aliphatic carbocycles. The van der Waals surface area contributed by atoms with Gasteiger partial charge in [0.1, 0.15) is 11.6 Å². The SMILES string of the molecule is Cc1cc(F)c(NC(=O)C2CC2)cc1NC(=O)c1cnn2cc(F)ccc12. The standard InChI is InChI=1S/C19H16F2N4O2/c1-10-6-14(21)16(24-18(26)11-2-3-11)7-15(10)23-19(27)13-8-22-25-9-12(20)4-5-17(13)25/h4-9,11H,2-3H2,1H3,(H,23,27)(H,24,26). The normalized spacial score (nSPS) is 13.6. The molecule has 6 nitrogen and oxygen atoms in total. The summed E-state index contributed by atoms with van der Waals surface area (Å²) in [5, 5.41) is 9.22. The number of benzene rings is 1. The summed E-state index contributed by atoms with van der Waals surface area (Å²) in [6.45, 7) is 1.65.